The molecule has 0 aromatic heterocycles. The van der Waals surface area contributed by atoms with Gasteiger partial charge in [-0.1, -0.05) is 19.8 Å². The molecule has 1 atom stereocenters. The van der Waals surface area contributed by atoms with E-state index in [1.807, 2.05) is 0 Å². The summed E-state index contributed by atoms with van der Waals surface area (Å²) < 4.78 is 33.1. The zero-order chi connectivity index (χ0) is 23.7. The highest BCUT2D eigenvalue weighted by atomic mass is 32.2. The van der Waals surface area contributed by atoms with Crippen LogP contribution in [-0.2, 0) is 14.8 Å². The van der Waals surface area contributed by atoms with Crippen LogP contribution in [0, 0.1) is 17.8 Å². The van der Waals surface area contributed by atoms with Crippen molar-refractivity contribution in [1.29, 1.82) is 0 Å². The van der Waals surface area contributed by atoms with E-state index in [0.29, 0.717) is 24.6 Å². The summed E-state index contributed by atoms with van der Waals surface area (Å²) in [5.41, 5.74) is 1.67. The van der Waals surface area contributed by atoms with E-state index < -0.39 is 22.0 Å². The topological polar surface area (TPSA) is 99.2 Å². The van der Waals surface area contributed by atoms with Crippen LogP contribution in [0.5, 0.6) is 5.75 Å². The van der Waals surface area contributed by atoms with Crippen LogP contribution in [0.3, 0.4) is 0 Å². The van der Waals surface area contributed by atoms with E-state index in [2.05, 4.69) is 30.6 Å². The maximum atomic E-state index is 13.3. The normalized spacial score (nSPS) is 19.8. The Hall–Kier alpha value is -2.12. The van der Waals surface area contributed by atoms with Crippen LogP contribution in [0.4, 0.5) is 0 Å². The summed E-state index contributed by atoms with van der Waals surface area (Å²) in [6, 6.07) is 5.48. The molecule has 0 heterocycles. The van der Waals surface area contributed by atoms with Gasteiger partial charge in [-0.3, -0.25) is 10.0 Å². The first-order valence-electron chi connectivity index (χ1n) is 11.1. The molecular weight excluding hydrogens is 430 g/mol. The van der Waals surface area contributed by atoms with Crippen molar-refractivity contribution >= 4 is 15.9 Å². The van der Waals surface area contributed by atoms with Crippen molar-refractivity contribution in [1.82, 2.24) is 14.7 Å². The van der Waals surface area contributed by atoms with E-state index in [9.17, 15) is 18.4 Å². The molecule has 0 spiro atoms. The van der Waals surface area contributed by atoms with Crippen LogP contribution in [-0.4, -0.2) is 67.6 Å². The number of benzene rings is 1. The fourth-order valence-electron chi connectivity index (χ4n) is 4.48. The summed E-state index contributed by atoms with van der Waals surface area (Å²) in [4.78, 5) is 15.0. The third-order valence-electron chi connectivity index (χ3n) is 6.28. The first-order valence-corrected chi connectivity index (χ1v) is 12.5. The first kappa shape index (κ1) is 26.1. The Morgan fingerprint density at radius 2 is 1.78 bits per heavy atom. The molecule has 0 radical (unpaired) electrons. The predicted molar refractivity (Wildman–Crippen MR) is 123 cm³/mol. The SMILES string of the molecule is CC#CCOc1ccc(S(=O)(=O)N(C)[C@@H](C(=O)NO)C2CCC(N(CC)CC)CC2)cc1. The monoisotopic (exact) mass is 465 g/mol. The molecule has 1 aliphatic carbocycles. The molecule has 1 amide bonds. The number of carbonyl (C=O) groups excluding carboxylic acids is 1. The molecule has 0 unspecified atom stereocenters. The number of sulfonamides is 1. The molecule has 1 aromatic carbocycles. The summed E-state index contributed by atoms with van der Waals surface area (Å²) in [7, 11) is -2.56. The van der Waals surface area contributed by atoms with Gasteiger partial charge in [-0.15, -0.1) is 5.92 Å². The Labute approximate surface area is 191 Å². The van der Waals surface area contributed by atoms with Gasteiger partial charge in [0.1, 0.15) is 18.4 Å². The lowest BCUT2D eigenvalue weighted by Crippen LogP contribution is -2.52. The van der Waals surface area contributed by atoms with Crippen LogP contribution in [0.2, 0.25) is 0 Å². The van der Waals surface area contributed by atoms with E-state index in [1.165, 1.54) is 19.2 Å². The minimum absolute atomic E-state index is 0.0569. The minimum Gasteiger partial charge on any atom is -0.481 e. The van der Waals surface area contributed by atoms with Gasteiger partial charge >= 0.3 is 0 Å². The van der Waals surface area contributed by atoms with Gasteiger partial charge in [0.25, 0.3) is 5.91 Å². The van der Waals surface area contributed by atoms with Crippen molar-refractivity contribution < 1.29 is 23.2 Å². The Bertz CT molecular complexity index is 896. The minimum atomic E-state index is -3.96. The Balaban J connectivity index is 2.18. The van der Waals surface area contributed by atoms with Crippen molar-refractivity contribution in [3.8, 4) is 17.6 Å². The molecule has 178 valence electrons. The number of likely N-dealkylation sites (N-methyl/N-ethyl adjacent to an activating group) is 1. The second-order valence-electron chi connectivity index (χ2n) is 7.92. The third kappa shape index (κ3) is 6.23. The van der Waals surface area contributed by atoms with Crippen LogP contribution >= 0.6 is 0 Å². The van der Waals surface area contributed by atoms with Gasteiger partial charge in [0.05, 0.1) is 4.90 Å². The molecule has 1 saturated carbocycles. The second-order valence-corrected chi connectivity index (χ2v) is 9.92. The van der Waals surface area contributed by atoms with Gasteiger partial charge in [-0.25, -0.2) is 13.9 Å². The summed E-state index contributed by atoms with van der Waals surface area (Å²) >= 11 is 0. The zero-order valence-corrected chi connectivity index (χ0v) is 20.2. The number of nitrogens with zero attached hydrogens (tertiary/aromatic N) is 2. The lowest BCUT2D eigenvalue weighted by molar-refractivity contribution is -0.135. The average Bonchev–Trinajstić information content (AvgIpc) is 2.81. The second kappa shape index (κ2) is 12.2. The third-order valence-corrected chi connectivity index (χ3v) is 8.13. The molecule has 1 aromatic rings. The van der Waals surface area contributed by atoms with Crippen molar-refractivity contribution in [2.45, 2.75) is 63.4 Å². The number of carbonyl (C=O) groups is 1. The summed E-state index contributed by atoms with van der Waals surface area (Å²) in [5.74, 6) is 5.13. The molecule has 2 rings (SSSR count). The van der Waals surface area contributed by atoms with Crippen molar-refractivity contribution in [2.24, 2.45) is 5.92 Å². The van der Waals surface area contributed by atoms with Gasteiger partial charge in [-0.2, -0.15) is 4.31 Å². The molecular formula is C23H35N3O5S. The van der Waals surface area contributed by atoms with Crippen LogP contribution in [0.25, 0.3) is 0 Å². The molecule has 0 aliphatic heterocycles. The number of ether oxygens (including phenoxy) is 1. The van der Waals surface area contributed by atoms with Crippen LogP contribution in [0.15, 0.2) is 29.2 Å². The number of hydrogen-bond donors (Lipinski definition) is 2. The number of rotatable bonds is 10. The predicted octanol–water partition coefficient (Wildman–Crippen LogP) is 2.48. The summed E-state index contributed by atoms with van der Waals surface area (Å²) in [5, 5.41) is 9.32. The smallest absolute Gasteiger partial charge is 0.262 e. The highest BCUT2D eigenvalue weighted by Crippen LogP contribution is 2.33. The number of hydroxylamine groups is 1. The molecule has 32 heavy (non-hydrogen) atoms. The average molecular weight is 466 g/mol. The van der Waals surface area contributed by atoms with Gasteiger partial charge in [0.2, 0.25) is 10.0 Å². The van der Waals surface area contributed by atoms with Crippen molar-refractivity contribution in [3.05, 3.63) is 24.3 Å². The van der Waals surface area contributed by atoms with Gasteiger partial charge in [0.15, 0.2) is 0 Å². The summed E-state index contributed by atoms with van der Waals surface area (Å²) in [6.07, 6.45) is 3.21. The lowest BCUT2D eigenvalue weighted by Gasteiger charge is -2.39. The maximum Gasteiger partial charge on any atom is 0.262 e. The van der Waals surface area contributed by atoms with E-state index >= 15 is 0 Å². The number of nitrogens with one attached hydrogen (secondary N) is 1. The number of amides is 1. The molecule has 0 bridgehead atoms. The standard InChI is InChI=1S/C23H35N3O5S/c1-5-8-17-31-20-13-15-21(16-14-20)32(29,30)25(4)22(23(27)24-28)18-9-11-19(12-10-18)26(6-2)7-3/h13-16,18-19,22,28H,6-7,9-12,17H2,1-4H3,(H,24,27)/t18?,19?,22-/m1/s1. The van der Waals surface area contributed by atoms with Crippen LogP contribution < -0.4 is 10.2 Å². The van der Waals surface area contributed by atoms with Crippen molar-refractivity contribution in [2.75, 3.05) is 26.7 Å². The largest absolute Gasteiger partial charge is 0.481 e. The van der Waals surface area contributed by atoms with Crippen molar-refractivity contribution in [3.63, 3.8) is 0 Å². The Morgan fingerprint density at radius 1 is 1.19 bits per heavy atom. The van der Waals surface area contributed by atoms with Gasteiger partial charge in [0, 0.05) is 13.1 Å². The molecule has 2 N–H and O–H groups in total. The van der Waals surface area contributed by atoms with Gasteiger partial charge < -0.3 is 9.64 Å². The van der Waals surface area contributed by atoms with E-state index in [1.54, 1.807) is 24.5 Å². The van der Waals surface area contributed by atoms with E-state index in [4.69, 9.17) is 4.74 Å². The fourth-order valence-corrected chi connectivity index (χ4v) is 5.86. The van der Waals surface area contributed by atoms with E-state index in [0.717, 1.165) is 30.2 Å². The fraction of sp³-hybridized carbons (Fsp3) is 0.609. The van der Waals surface area contributed by atoms with Crippen LogP contribution in [0.1, 0.15) is 46.5 Å². The maximum absolute atomic E-state index is 13.3. The molecule has 8 nitrogen and oxygen atoms in total. The zero-order valence-electron chi connectivity index (χ0n) is 19.4. The van der Waals surface area contributed by atoms with E-state index in [-0.39, 0.29) is 17.4 Å². The summed E-state index contributed by atoms with van der Waals surface area (Å²) in [6.45, 7) is 8.12. The molecule has 0 saturated heterocycles. The molecule has 1 fully saturated rings. The quantitative estimate of drug-likeness (QED) is 0.313. The lowest BCUT2D eigenvalue weighted by atomic mass is 9.80. The first-order chi connectivity index (χ1) is 15.3. The Morgan fingerprint density at radius 3 is 2.28 bits per heavy atom. The molecule has 9 heteroatoms. The Kier molecular flexibility index (Phi) is 9.97. The van der Waals surface area contributed by atoms with Gasteiger partial charge in [-0.05, 0) is 75.9 Å². The molecule has 1 aliphatic rings. The highest BCUT2D eigenvalue weighted by Gasteiger charge is 2.40. The number of hydrogen-bond acceptors (Lipinski definition) is 6. The highest BCUT2D eigenvalue weighted by molar-refractivity contribution is 7.89.